The van der Waals surface area contributed by atoms with Crippen LogP contribution in [0.2, 0.25) is 5.15 Å². The van der Waals surface area contributed by atoms with Crippen LogP contribution in [0, 0.1) is 3.70 Å². The molecule has 1 aromatic rings. The van der Waals surface area contributed by atoms with Gasteiger partial charge in [0, 0.05) is 5.56 Å². The fourth-order valence-corrected chi connectivity index (χ4v) is 1.94. The van der Waals surface area contributed by atoms with Gasteiger partial charge in [-0.3, -0.25) is 0 Å². The Balaban J connectivity index is 3.28. The van der Waals surface area contributed by atoms with Crippen molar-refractivity contribution in [2.75, 3.05) is 0 Å². The Morgan fingerprint density at radius 1 is 1.58 bits per heavy atom. The fourth-order valence-electron chi connectivity index (χ4n) is 0.645. The average Bonchev–Trinajstić information content (AvgIpc) is 1.96. The third-order valence-corrected chi connectivity index (χ3v) is 3.04. The molecule has 6 heteroatoms. The molecular formula is C6H2BrClF2IN. The molecule has 0 saturated heterocycles. The van der Waals surface area contributed by atoms with Crippen molar-refractivity contribution in [3.8, 4) is 0 Å². The number of rotatable bonds is 1. The average molecular weight is 368 g/mol. The van der Waals surface area contributed by atoms with Crippen molar-refractivity contribution in [2.45, 2.75) is 6.43 Å². The molecular weight excluding hydrogens is 366 g/mol. The first-order valence-electron chi connectivity index (χ1n) is 2.82. The molecule has 0 aliphatic carbocycles. The van der Waals surface area contributed by atoms with Crippen molar-refractivity contribution >= 4 is 50.1 Å². The molecule has 1 rings (SSSR count). The highest BCUT2D eigenvalue weighted by Crippen LogP contribution is 2.32. The third-order valence-electron chi connectivity index (χ3n) is 1.15. The molecule has 0 aromatic carbocycles. The maximum atomic E-state index is 12.3. The summed E-state index contributed by atoms with van der Waals surface area (Å²) in [7, 11) is 0. The summed E-state index contributed by atoms with van der Waals surface area (Å²) in [5.41, 5.74) is -0.126. The van der Waals surface area contributed by atoms with Crippen LogP contribution in [0.15, 0.2) is 10.5 Å². The second-order valence-corrected chi connectivity index (χ2v) is 4.20. The summed E-state index contributed by atoms with van der Waals surface area (Å²) in [5.74, 6) is 0. The summed E-state index contributed by atoms with van der Waals surface area (Å²) in [5, 5.41) is 0.0669. The minimum Gasteiger partial charge on any atom is -0.229 e. The van der Waals surface area contributed by atoms with Crippen molar-refractivity contribution < 1.29 is 8.78 Å². The number of pyridine rings is 1. The lowest BCUT2D eigenvalue weighted by atomic mass is 10.3. The Hall–Kier alpha value is 0.510. The number of alkyl halides is 2. The van der Waals surface area contributed by atoms with Crippen LogP contribution in [-0.2, 0) is 0 Å². The molecule has 1 aromatic heterocycles. The van der Waals surface area contributed by atoms with E-state index in [4.69, 9.17) is 11.6 Å². The number of hydrogen-bond acceptors (Lipinski definition) is 1. The van der Waals surface area contributed by atoms with E-state index in [2.05, 4.69) is 20.9 Å². The van der Waals surface area contributed by atoms with Crippen LogP contribution in [0.4, 0.5) is 8.78 Å². The van der Waals surface area contributed by atoms with E-state index in [1.165, 1.54) is 6.07 Å². The molecule has 1 nitrogen and oxygen atoms in total. The molecule has 0 unspecified atom stereocenters. The Labute approximate surface area is 94.8 Å². The Bertz CT molecular complexity index is 308. The SMILES string of the molecule is FC(F)c1cc(I)nc(Cl)c1Br. The Morgan fingerprint density at radius 2 is 2.17 bits per heavy atom. The lowest BCUT2D eigenvalue weighted by Crippen LogP contribution is -1.92. The Morgan fingerprint density at radius 3 is 2.67 bits per heavy atom. The molecule has 0 saturated carbocycles. The van der Waals surface area contributed by atoms with Crippen LogP contribution in [0.5, 0.6) is 0 Å². The molecule has 12 heavy (non-hydrogen) atoms. The van der Waals surface area contributed by atoms with Crippen LogP contribution in [0.25, 0.3) is 0 Å². The maximum absolute atomic E-state index is 12.3. The van der Waals surface area contributed by atoms with Crippen LogP contribution < -0.4 is 0 Å². The number of hydrogen-bond donors (Lipinski definition) is 0. The van der Waals surface area contributed by atoms with Gasteiger partial charge in [0.15, 0.2) is 0 Å². The summed E-state index contributed by atoms with van der Waals surface area (Å²) in [6, 6.07) is 1.29. The topological polar surface area (TPSA) is 12.9 Å². The quantitative estimate of drug-likeness (QED) is 0.539. The Kier molecular flexibility index (Phi) is 3.66. The monoisotopic (exact) mass is 367 g/mol. The van der Waals surface area contributed by atoms with Gasteiger partial charge in [0.25, 0.3) is 6.43 Å². The molecule has 1 heterocycles. The molecule has 0 bridgehead atoms. The number of nitrogens with zero attached hydrogens (tertiary/aromatic N) is 1. The van der Waals surface area contributed by atoms with E-state index in [0.717, 1.165) is 0 Å². The molecule has 0 N–H and O–H groups in total. The zero-order valence-corrected chi connectivity index (χ0v) is 9.99. The van der Waals surface area contributed by atoms with E-state index in [-0.39, 0.29) is 15.2 Å². The normalized spacial score (nSPS) is 10.8. The van der Waals surface area contributed by atoms with E-state index in [9.17, 15) is 8.78 Å². The molecule has 0 fully saturated rings. The first-order chi connectivity index (χ1) is 5.52. The van der Waals surface area contributed by atoms with Gasteiger partial charge in [-0.2, -0.15) is 0 Å². The van der Waals surface area contributed by atoms with Gasteiger partial charge >= 0.3 is 0 Å². The molecule has 0 aliphatic rings. The van der Waals surface area contributed by atoms with Gasteiger partial charge in [0.05, 0.1) is 4.47 Å². The highest BCUT2D eigenvalue weighted by molar-refractivity contribution is 14.1. The standard InChI is InChI=1S/C6H2BrClF2IN/c7-4-2(6(9)10)1-3(11)12-5(4)8/h1,6H. The van der Waals surface area contributed by atoms with E-state index < -0.39 is 6.43 Å². The minimum absolute atomic E-state index is 0.0669. The van der Waals surface area contributed by atoms with Gasteiger partial charge in [-0.25, -0.2) is 13.8 Å². The molecule has 0 aliphatic heterocycles. The molecule has 0 amide bonds. The van der Waals surface area contributed by atoms with Crippen molar-refractivity contribution in [2.24, 2.45) is 0 Å². The minimum atomic E-state index is -2.53. The summed E-state index contributed by atoms with van der Waals surface area (Å²) in [6.45, 7) is 0. The van der Waals surface area contributed by atoms with Crippen molar-refractivity contribution in [1.29, 1.82) is 0 Å². The highest BCUT2D eigenvalue weighted by Gasteiger charge is 2.15. The van der Waals surface area contributed by atoms with Crippen LogP contribution in [0.1, 0.15) is 12.0 Å². The predicted octanol–water partition coefficient (Wildman–Crippen LogP) is 4.04. The van der Waals surface area contributed by atoms with Crippen molar-refractivity contribution in [1.82, 2.24) is 4.98 Å². The summed E-state index contributed by atoms with van der Waals surface area (Å²) in [6.07, 6.45) is -2.53. The number of aromatic nitrogens is 1. The second kappa shape index (κ2) is 4.15. The number of halogens is 5. The second-order valence-electron chi connectivity index (χ2n) is 1.94. The van der Waals surface area contributed by atoms with Crippen LogP contribution >= 0.6 is 50.1 Å². The lowest BCUT2D eigenvalue weighted by Gasteiger charge is -2.04. The van der Waals surface area contributed by atoms with Gasteiger partial charge in [-0.05, 0) is 44.6 Å². The molecule has 0 radical (unpaired) electrons. The summed E-state index contributed by atoms with van der Waals surface area (Å²) >= 11 is 10.3. The molecule has 66 valence electrons. The third kappa shape index (κ3) is 2.26. The predicted molar refractivity (Wildman–Crippen MR) is 54.6 cm³/mol. The van der Waals surface area contributed by atoms with Gasteiger partial charge in [-0.1, -0.05) is 11.6 Å². The summed E-state index contributed by atoms with van der Waals surface area (Å²) < 4.78 is 25.2. The zero-order chi connectivity index (χ0) is 9.30. The highest BCUT2D eigenvalue weighted by atomic mass is 127. The van der Waals surface area contributed by atoms with E-state index in [1.807, 2.05) is 22.6 Å². The van der Waals surface area contributed by atoms with Gasteiger partial charge in [-0.15, -0.1) is 0 Å². The summed E-state index contributed by atoms with van der Waals surface area (Å²) in [4.78, 5) is 3.79. The van der Waals surface area contributed by atoms with E-state index in [1.54, 1.807) is 0 Å². The van der Waals surface area contributed by atoms with Crippen LogP contribution in [-0.4, -0.2) is 4.98 Å². The van der Waals surface area contributed by atoms with Gasteiger partial charge in [0.1, 0.15) is 8.85 Å². The van der Waals surface area contributed by atoms with Crippen molar-refractivity contribution in [3.05, 3.63) is 25.0 Å². The largest absolute Gasteiger partial charge is 0.265 e. The van der Waals surface area contributed by atoms with Gasteiger partial charge in [0.2, 0.25) is 0 Å². The first kappa shape index (κ1) is 10.6. The zero-order valence-electron chi connectivity index (χ0n) is 5.49. The van der Waals surface area contributed by atoms with E-state index >= 15 is 0 Å². The molecule has 0 spiro atoms. The smallest absolute Gasteiger partial charge is 0.229 e. The van der Waals surface area contributed by atoms with Gasteiger partial charge < -0.3 is 0 Å². The first-order valence-corrected chi connectivity index (χ1v) is 5.07. The van der Waals surface area contributed by atoms with Crippen LogP contribution in [0.3, 0.4) is 0 Å². The maximum Gasteiger partial charge on any atom is 0.265 e. The van der Waals surface area contributed by atoms with E-state index in [0.29, 0.717) is 3.70 Å². The fraction of sp³-hybridized carbons (Fsp3) is 0.167. The van der Waals surface area contributed by atoms with Crippen molar-refractivity contribution in [3.63, 3.8) is 0 Å². The molecule has 0 atom stereocenters. The lowest BCUT2D eigenvalue weighted by molar-refractivity contribution is 0.150.